The molecule has 1 atom stereocenters. The van der Waals surface area contributed by atoms with Crippen molar-refractivity contribution in [3.05, 3.63) is 105 Å². The van der Waals surface area contributed by atoms with Crippen LogP contribution in [0.25, 0.3) is 0 Å². The molecule has 1 rings (SSSR count). The minimum absolute atomic E-state index is 0.0888. The van der Waals surface area contributed by atoms with Crippen LogP contribution in [0.1, 0.15) is 133 Å². The Hall–Kier alpha value is -2.38. The first-order valence-corrected chi connectivity index (χ1v) is 16.0. The third-order valence-electron chi connectivity index (χ3n) is 8.43. The first-order chi connectivity index (χ1) is 19.3. The summed E-state index contributed by atoms with van der Waals surface area (Å²) >= 11 is 0. The second-order valence-electron chi connectivity index (χ2n) is 13.2. The summed E-state index contributed by atoms with van der Waals surface area (Å²) in [6, 6.07) is 0. The molecule has 1 unspecified atom stereocenters. The average Bonchev–Trinajstić information content (AvgIpc) is 2.88. The van der Waals surface area contributed by atoms with Gasteiger partial charge in [-0.2, -0.15) is 0 Å². The van der Waals surface area contributed by atoms with Gasteiger partial charge in [0, 0.05) is 5.41 Å². The Morgan fingerprint density at radius 1 is 0.707 bits per heavy atom. The molecule has 1 heteroatoms. The summed E-state index contributed by atoms with van der Waals surface area (Å²) in [5, 5.41) is 10.5. The Morgan fingerprint density at radius 2 is 1.22 bits per heavy atom. The summed E-state index contributed by atoms with van der Waals surface area (Å²) in [7, 11) is 0. The molecule has 0 radical (unpaired) electrons. The summed E-state index contributed by atoms with van der Waals surface area (Å²) in [5.74, 6) is 0. The molecular weight excluding hydrogens is 496 g/mol. The molecular formula is C40H62O. The van der Waals surface area contributed by atoms with Crippen LogP contribution >= 0.6 is 0 Å². The van der Waals surface area contributed by atoms with Crippen molar-refractivity contribution in [3.8, 4) is 0 Å². The molecule has 0 heterocycles. The first-order valence-electron chi connectivity index (χ1n) is 16.0. The minimum atomic E-state index is -0.211. The molecule has 228 valence electrons. The number of allylic oxidation sites excluding steroid dienone is 17. The van der Waals surface area contributed by atoms with E-state index >= 15 is 0 Å². The van der Waals surface area contributed by atoms with Crippen LogP contribution in [0.2, 0.25) is 0 Å². The maximum absolute atomic E-state index is 10.5. The molecule has 0 spiro atoms. The van der Waals surface area contributed by atoms with E-state index in [1.54, 1.807) is 0 Å². The van der Waals surface area contributed by atoms with Crippen LogP contribution in [-0.2, 0) is 0 Å². The number of aliphatic hydroxyl groups excluding tert-OH is 1. The van der Waals surface area contributed by atoms with Gasteiger partial charge in [0.25, 0.3) is 0 Å². The topological polar surface area (TPSA) is 20.2 Å². The Morgan fingerprint density at radius 3 is 1.83 bits per heavy atom. The highest BCUT2D eigenvalue weighted by atomic mass is 16.3. The smallest absolute Gasteiger partial charge is 0.0631 e. The number of hydrogen-bond acceptors (Lipinski definition) is 1. The second kappa shape index (κ2) is 19.7. The molecule has 0 aromatic rings. The standard InChI is InChI=1S/C40H62O/c1-31(2)17-13-20-34(5)23-15-25-35(6)24-14-21-32(3)18-11-12-19-33(4)22-16-26-36(7)27-29-38-37(8)28-30-39(41)40(38,9)10/h11-12,14,17-19,21,23-24,26,39,41H,13,15-16,20,22,25,27-30H2,1-10H3/b12-11+,21-14+,32-18+,33-19+,34-23+,35-24+,36-26+. The summed E-state index contributed by atoms with van der Waals surface area (Å²) in [6.07, 6.45) is 33.0. The molecule has 0 aromatic heterocycles. The lowest BCUT2D eigenvalue weighted by atomic mass is 9.69. The molecule has 0 amide bonds. The molecule has 1 nitrogen and oxygen atoms in total. The molecule has 1 aliphatic rings. The van der Waals surface area contributed by atoms with Gasteiger partial charge in [-0.15, -0.1) is 0 Å². The van der Waals surface area contributed by atoms with Gasteiger partial charge in [0.05, 0.1) is 6.10 Å². The van der Waals surface area contributed by atoms with E-state index in [-0.39, 0.29) is 11.5 Å². The van der Waals surface area contributed by atoms with Crippen molar-refractivity contribution in [3.63, 3.8) is 0 Å². The lowest BCUT2D eigenvalue weighted by Gasteiger charge is -2.39. The fourth-order valence-electron chi connectivity index (χ4n) is 5.37. The zero-order valence-electron chi connectivity index (χ0n) is 28.4. The SMILES string of the molecule is CC(C)=CCC/C(C)=C/CC/C(C)=C/C=C/C(C)=C/C=C/C=C(\C)CC/C=C(\C)CCC1=C(C)CCC(O)C1(C)C. The average molecular weight is 559 g/mol. The highest BCUT2D eigenvalue weighted by Crippen LogP contribution is 2.42. The molecule has 0 fully saturated rings. The van der Waals surface area contributed by atoms with E-state index in [2.05, 4.69) is 130 Å². The number of rotatable bonds is 16. The third kappa shape index (κ3) is 16.0. The lowest BCUT2D eigenvalue weighted by molar-refractivity contribution is 0.0558. The van der Waals surface area contributed by atoms with Gasteiger partial charge in [0.2, 0.25) is 0 Å². The summed E-state index contributed by atoms with van der Waals surface area (Å²) in [4.78, 5) is 0. The van der Waals surface area contributed by atoms with Gasteiger partial charge in [0.15, 0.2) is 0 Å². The van der Waals surface area contributed by atoms with Crippen molar-refractivity contribution in [2.75, 3.05) is 0 Å². The molecule has 41 heavy (non-hydrogen) atoms. The normalized spacial score (nSPS) is 19.6. The zero-order valence-corrected chi connectivity index (χ0v) is 28.4. The quantitative estimate of drug-likeness (QED) is 0.147. The minimum Gasteiger partial charge on any atom is -0.392 e. The van der Waals surface area contributed by atoms with E-state index in [4.69, 9.17) is 0 Å². The second-order valence-corrected chi connectivity index (χ2v) is 13.2. The van der Waals surface area contributed by atoms with Crippen molar-refractivity contribution < 1.29 is 5.11 Å². The van der Waals surface area contributed by atoms with Crippen LogP contribution in [0.3, 0.4) is 0 Å². The van der Waals surface area contributed by atoms with Gasteiger partial charge >= 0.3 is 0 Å². The molecule has 0 aliphatic heterocycles. The number of hydrogen-bond donors (Lipinski definition) is 1. The van der Waals surface area contributed by atoms with Crippen LogP contribution in [-0.4, -0.2) is 11.2 Å². The van der Waals surface area contributed by atoms with Gasteiger partial charge in [-0.05, 0) is 120 Å². The van der Waals surface area contributed by atoms with Gasteiger partial charge in [-0.3, -0.25) is 0 Å². The van der Waals surface area contributed by atoms with Crippen molar-refractivity contribution in [1.82, 2.24) is 0 Å². The van der Waals surface area contributed by atoms with E-state index in [1.807, 2.05) is 0 Å². The maximum atomic E-state index is 10.5. The monoisotopic (exact) mass is 558 g/mol. The van der Waals surface area contributed by atoms with Gasteiger partial charge in [0.1, 0.15) is 0 Å². The Labute approximate surface area is 255 Å². The molecule has 0 saturated heterocycles. The molecule has 0 bridgehead atoms. The lowest BCUT2D eigenvalue weighted by Crippen LogP contribution is -2.35. The van der Waals surface area contributed by atoms with Gasteiger partial charge in [-0.25, -0.2) is 0 Å². The molecule has 1 aliphatic carbocycles. The van der Waals surface area contributed by atoms with Crippen LogP contribution in [0, 0.1) is 5.41 Å². The molecule has 1 N–H and O–H groups in total. The van der Waals surface area contributed by atoms with E-state index < -0.39 is 0 Å². The number of aliphatic hydroxyl groups is 1. The fraction of sp³-hybridized carbons (Fsp3) is 0.550. The van der Waals surface area contributed by atoms with Crippen LogP contribution < -0.4 is 0 Å². The predicted octanol–water partition coefficient (Wildman–Crippen LogP) is 12.4. The van der Waals surface area contributed by atoms with Crippen molar-refractivity contribution >= 4 is 0 Å². The van der Waals surface area contributed by atoms with E-state index in [0.717, 1.165) is 57.8 Å². The van der Waals surface area contributed by atoms with E-state index in [1.165, 1.54) is 51.0 Å². The summed E-state index contributed by atoms with van der Waals surface area (Å²) in [5.41, 5.74) is 11.3. The highest BCUT2D eigenvalue weighted by molar-refractivity contribution is 5.28. The van der Waals surface area contributed by atoms with Crippen LogP contribution in [0.15, 0.2) is 105 Å². The Kier molecular flexibility index (Phi) is 17.6. The first kappa shape index (κ1) is 36.6. The highest BCUT2D eigenvalue weighted by Gasteiger charge is 2.35. The maximum Gasteiger partial charge on any atom is 0.0631 e. The Bertz CT molecular complexity index is 1080. The van der Waals surface area contributed by atoms with Crippen molar-refractivity contribution in [1.29, 1.82) is 0 Å². The van der Waals surface area contributed by atoms with Crippen molar-refractivity contribution in [2.24, 2.45) is 5.41 Å². The van der Waals surface area contributed by atoms with Crippen LogP contribution in [0.4, 0.5) is 0 Å². The largest absolute Gasteiger partial charge is 0.392 e. The molecule has 0 aromatic carbocycles. The predicted molar refractivity (Wildman–Crippen MR) is 185 cm³/mol. The van der Waals surface area contributed by atoms with Gasteiger partial charge in [-0.1, -0.05) is 119 Å². The zero-order chi connectivity index (χ0) is 30.8. The molecule has 0 saturated carbocycles. The van der Waals surface area contributed by atoms with E-state index in [9.17, 15) is 5.11 Å². The third-order valence-corrected chi connectivity index (χ3v) is 8.43. The van der Waals surface area contributed by atoms with E-state index in [0.29, 0.717) is 0 Å². The summed E-state index contributed by atoms with van der Waals surface area (Å²) < 4.78 is 0. The Balaban J connectivity index is 2.42. The van der Waals surface area contributed by atoms with Crippen LogP contribution in [0.5, 0.6) is 0 Å². The van der Waals surface area contributed by atoms with Crippen molar-refractivity contribution in [2.45, 2.75) is 140 Å². The summed E-state index contributed by atoms with van der Waals surface area (Å²) in [6.45, 7) is 22.1. The van der Waals surface area contributed by atoms with Gasteiger partial charge < -0.3 is 5.11 Å². The fourth-order valence-corrected chi connectivity index (χ4v) is 5.37.